The maximum absolute atomic E-state index is 12.6. The smallest absolute Gasteiger partial charge is 0.263 e. The SMILES string of the molecule is CN(CC1CCCCO1)C(CN)c1ccc(C(F)F)cc1. The van der Waals surface area contributed by atoms with Gasteiger partial charge in [-0.3, -0.25) is 4.90 Å². The van der Waals surface area contributed by atoms with Crippen LogP contribution in [0.5, 0.6) is 0 Å². The van der Waals surface area contributed by atoms with Gasteiger partial charge in [0, 0.05) is 31.3 Å². The lowest BCUT2D eigenvalue weighted by Gasteiger charge is -2.32. The molecule has 0 aromatic heterocycles. The summed E-state index contributed by atoms with van der Waals surface area (Å²) in [7, 11) is 2.01. The molecule has 1 heterocycles. The van der Waals surface area contributed by atoms with Crippen LogP contribution in [0.15, 0.2) is 24.3 Å². The number of rotatable bonds is 6. The Hall–Kier alpha value is -1.04. The fourth-order valence-corrected chi connectivity index (χ4v) is 2.83. The standard InChI is InChI=1S/C16H24F2N2O/c1-20(11-14-4-2-3-9-21-14)15(10-19)12-5-7-13(8-6-12)16(17)18/h5-8,14-16H,2-4,9-11,19H2,1H3. The first-order valence-corrected chi connectivity index (χ1v) is 7.51. The number of alkyl halides is 2. The van der Waals surface area contributed by atoms with Gasteiger partial charge in [-0.1, -0.05) is 24.3 Å². The Bertz CT molecular complexity index is 419. The summed E-state index contributed by atoms with van der Waals surface area (Å²) in [5.74, 6) is 0. The number of likely N-dealkylation sites (N-methyl/N-ethyl adjacent to an activating group) is 1. The monoisotopic (exact) mass is 298 g/mol. The highest BCUT2D eigenvalue weighted by molar-refractivity contribution is 5.26. The van der Waals surface area contributed by atoms with Crippen LogP contribution < -0.4 is 5.73 Å². The van der Waals surface area contributed by atoms with Crippen molar-refractivity contribution in [2.45, 2.75) is 37.8 Å². The van der Waals surface area contributed by atoms with E-state index in [0.717, 1.165) is 31.6 Å². The van der Waals surface area contributed by atoms with E-state index in [2.05, 4.69) is 4.90 Å². The molecule has 2 rings (SSSR count). The normalized spacial score (nSPS) is 21.0. The highest BCUT2D eigenvalue weighted by Gasteiger charge is 2.21. The highest BCUT2D eigenvalue weighted by Crippen LogP contribution is 2.24. The molecule has 1 fully saturated rings. The van der Waals surface area contributed by atoms with Crippen molar-refractivity contribution in [2.24, 2.45) is 5.73 Å². The Morgan fingerprint density at radius 1 is 1.24 bits per heavy atom. The molecule has 1 aliphatic heterocycles. The molecule has 1 aliphatic rings. The summed E-state index contributed by atoms with van der Waals surface area (Å²) in [6.45, 7) is 2.10. The van der Waals surface area contributed by atoms with Crippen LogP contribution in [0, 0.1) is 0 Å². The first-order valence-electron chi connectivity index (χ1n) is 7.51. The van der Waals surface area contributed by atoms with Crippen molar-refractivity contribution in [3.05, 3.63) is 35.4 Å². The van der Waals surface area contributed by atoms with Crippen LogP contribution in [0.3, 0.4) is 0 Å². The van der Waals surface area contributed by atoms with Gasteiger partial charge in [0.2, 0.25) is 0 Å². The summed E-state index contributed by atoms with van der Waals surface area (Å²) in [4.78, 5) is 2.16. The van der Waals surface area contributed by atoms with Gasteiger partial charge in [0.25, 0.3) is 6.43 Å². The third-order valence-corrected chi connectivity index (χ3v) is 4.09. The van der Waals surface area contributed by atoms with Gasteiger partial charge in [-0.2, -0.15) is 0 Å². The summed E-state index contributed by atoms with van der Waals surface area (Å²) in [6, 6.07) is 6.48. The van der Waals surface area contributed by atoms with Crippen molar-refractivity contribution in [3.8, 4) is 0 Å². The number of hydrogen-bond donors (Lipinski definition) is 1. The molecular formula is C16H24F2N2O. The fourth-order valence-electron chi connectivity index (χ4n) is 2.83. The molecular weight excluding hydrogens is 274 g/mol. The molecule has 5 heteroatoms. The Kier molecular flexibility index (Phi) is 6.08. The predicted octanol–water partition coefficient (Wildman–Crippen LogP) is 3.12. The molecule has 0 radical (unpaired) electrons. The average molecular weight is 298 g/mol. The topological polar surface area (TPSA) is 38.5 Å². The molecule has 0 spiro atoms. The minimum atomic E-state index is -2.43. The minimum absolute atomic E-state index is 0.0299. The van der Waals surface area contributed by atoms with Gasteiger partial charge in [0.05, 0.1) is 6.10 Å². The molecule has 21 heavy (non-hydrogen) atoms. The van der Waals surface area contributed by atoms with E-state index in [4.69, 9.17) is 10.5 Å². The first-order chi connectivity index (χ1) is 10.1. The van der Waals surface area contributed by atoms with Crippen molar-refractivity contribution in [2.75, 3.05) is 26.7 Å². The maximum atomic E-state index is 12.6. The van der Waals surface area contributed by atoms with Crippen molar-refractivity contribution < 1.29 is 13.5 Å². The molecule has 2 unspecified atom stereocenters. The molecule has 3 nitrogen and oxygen atoms in total. The summed E-state index contributed by atoms with van der Waals surface area (Å²) < 4.78 is 30.9. The molecule has 0 saturated carbocycles. The van der Waals surface area contributed by atoms with Gasteiger partial charge in [-0.05, 0) is 31.9 Å². The lowest BCUT2D eigenvalue weighted by Crippen LogP contribution is -2.38. The van der Waals surface area contributed by atoms with E-state index in [1.807, 2.05) is 7.05 Å². The van der Waals surface area contributed by atoms with Crippen molar-refractivity contribution in [1.29, 1.82) is 0 Å². The first kappa shape index (κ1) is 16.3. The van der Waals surface area contributed by atoms with Gasteiger partial charge in [-0.25, -0.2) is 8.78 Å². The van der Waals surface area contributed by atoms with Crippen LogP contribution in [0.4, 0.5) is 8.78 Å². The van der Waals surface area contributed by atoms with E-state index >= 15 is 0 Å². The number of benzene rings is 1. The number of halogens is 2. The van der Waals surface area contributed by atoms with E-state index in [1.54, 1.807) is 12.1 Å². The largest absolute Gasteiger partial charge is 0.377 e. The molecule has 1 aromatic rings. The van der Waals surface area contributed by atoms with E-state index in [1.165, 1.54) is 18.6 Å². The number of ether oxygens (including phenoxy) is 1. The van der Waals surface area contributed by atoms with Crippen LogP contribution in [0.2, 0.25) is 0 Å². The summed E-state index contributed by atoms with van der Waals surface area (Å²) >= 11 is 0. The second-order valence-corrected chi connectivity index (χ2v) is 5.65. The lowest BCUT2D eigenvalue weighted by molar-refractivity contribution is -0.00777. The highest BCUT2D eigenvalue weighted by atomic mass is 19.3. The predicted molar refractivity (Wildman–Crippen MR) is 79.4 cm³/mol. The second kappa shape index (κ2) is 7.82. The average Bonchev–Trinajstić information content (AvgIpc) is 2.49. The van der Waals surface area contributed by atoms with Crippen LogP contribution in [-0.4, -0.2) is 37.7 Å². The van der Waals surface area contributed by atoms with E-state index in [-0.39, 0.29) is 17.7 Å². The third-order valence-electron chi connectivity index (χ3n) is 4.09. The second-order valence-electron chi connectivity index (χ2n) is 5.65. The van der Waals surface area contributed by atoms with Gasteiger partial charge in [-0.15, -0.1) is 0 Å². The van der Waals surface area contributed by atoms with Crippen LogP contribution >= 0.6 is 0 Å². The molecule has 0 bridgehead atoms. The summed E-state index contributed by atoms with van der Waals surface area (Å²) in [5, 5.41) is 0. The maximum Gasteiger partial charge on any atom is 0.263 e. The van der Waals surface area contributed by atoms with Gasteiger partial charge >= 0.3 is 0 Å². The molecule has 2 atom stereocenters. The zero-order valence-corrected chi connectivity index (χ0v) is 12.5. The zero-order valence-electron chi connectivity index (χ0n) is 12.5. The zero-order chi connectivity index (χ0) is 15.2. The number of nitrogens with two attached hydrogens (primary N) is 1. The van der Waals surface area contributed by atoms with E-state index in [0.29, 0.717) is 6.54 Å². The Labute approximate surface area is 125 Å². The molecule has 0 aliphatic carbocycles. The van der Waals surface area contributed by atoms with E-state index < -0.39 is 6.43 Å². The fraction of sp³-hybridized carbons (Fsp3) is 0.625. The number of nitrogens with zero attached hydrogens (tertiary/aromatic N) is 1. The lowest BCUT2D eigenvalue weighted by atomic mass is 10.0. The molecule has 1 aromatic carbocycles. The Morgan fingerprint density at radius 3 is 2.43 bits per heavy atom. The van der Waals surface area contributed by atoms with E-state index in [9.17, 15) is 8.78 Å². The molecule has 2 N–H and O–H groups in total. The van der Waals surface area contributed by atoms with Crippen LogP contribution in [0.25, 0.3) is 0 Å². The van der Waals surface area contributed by atoms with Gasteiger partial charge < -0.3 is 10.5 Å². The van der Waals surface area contributed by atoms with Crippen LogP contribution in [-0.2, 0) is 4.74 Å². The third kappa shape index (κ3) is 4.46. The van der Waals surface area contributed by atoms with Crippen LogP contribution in [0.1, 0.15) is 42.9 Å². The quantitative estimate of drug-likeness (QED) is 0.877. The molecule has 1 saturated heterocycles. The van der Waals surface area contributed by atoms with Gasteiger partial charge in [0.1, 0.15) is 0 Å². The molecule has 118 valence electrons. The Morgan fingerprint density at radius 2 is 1.90 bits per heavy atom. The number of hydrogen-bond acceptors (Lipinski definition) is 3. The summed E-state index contributed by atoms with van der Waals surface area (Å²) in [5.41, 5.74) is 6.90. The summed E-state index contributed by atoms with van der Waals surface area (Å²) in [6.07, 6.45) is 1.23. The minimum Gasteiger partial charge on any atom is -0.377 e. The van der Waals surface area contributed by atoms with Crippen molar-refractivity contribution >= 4 is 0 Å². The van der Waals surface area contributed by atoms with Gasteiger partial charge in [0.15, 0.2) is 0 Å². The van der Waals surface area contributed by atoms with Crippen molar-refractivity contribution in [3.63, 3.8) is 0 Å². The van der Waals surface area contributed by atoms with Crippen molar-refractivity contribution in [1.82, 2.24) is 4.90 Å². The molecule has 0 amide bonds. The Balaban J connectivity index is 2.00.